The Morgan fingerprint density at radius 3 is 2.61 bits per heavy atom. The number of amides is 1. The van der Waals surface area contributed by atoms with E-state index in [-0.39, 0.29) is 17.0 Å². The summed E-state index contributed by atoms with van der Waals surface area (Å²) in [6.45, 7) is -0.668. The summed E-state index contributed by atoms with van der Waals surface area (Å²) in [6, 6.07) is 3.55. The van der Waals surface area contributed by atoms with Crippen molar-refractivity contribution in [2.24, 2.45) is 0 Å². The molecule has 96 valence electrons. The zero-order chi connectivity index (χ0) is 13.7. The molecule has 8 heteroatoms. The molecule has 0 heterocycles. The zero-order valence-electron chi connectivity index (χ0n) is 9.34. The predicted molar refractivity (Wildman–Crippen MR) is 57.0 cm³/mol. The number of methoxy groups -OCH3 is 1. The first kappa shape index (κ1) is 13.4. The second-order valence-corrected chi connectivity index (χ2v) is 3.20. The standard InChI is InChI=1S/C10H10N2O6/c1-18-8-3-2-6(4-7(8)12(16)17)10(15)11-5-9(13)14/h2-4H,5H2,1H3,(H,11,15)(H,13,14)/p-1. The van der Waals surface area contributed by atoms with Crippen LogP contribution in [0.4, 0.5) is 5.69 Å². The quantitative estimate of drug-likeness (QED) is 0.535. The van der Waals surface area contributed by atoms with Crippen molar-refractivity contribution in [2.75, 3.05) is 13.7 Å². The fourth-order valence-electron chi connectivity index (χ4n) is 1.23. The van der Waals surface area contributed by atoms with Gasteiger partial charge in [-0.2, -0.15) is 0 Å². The van der Waals surface area contributed by atoms with Gasteiger partial charge in [-0.1, -0.05) is 0 Å². The highest BCUT2D eigenvalue weighted by atomic mass is 16.6. The van der Waals surface area contributed by atoms with Gasteiger partial charge in [0.05, 0.1) is 24.5 Å². The van der Waals surface area contributed by atoms with Crippen LogP contribution in [0.5, 0.6) is 5.75 Å². The number of carbonyl (C=O) groups excluding carboxylic acids is 2. The molecule has 0 atom stereocenters. The number of carboxylic acids is 1. The second kappa shape index (κ2) is 5.62. The number of benzene rings is 1. The van der Waals surface area contributed by atoms with E-state index < -0.39 is 23.3 Å². The molecule has 0 aliphatic carbocycles. The smallest absolute Gasteiger partial charge is 0.311 e. The largest absolute Gasteiger partial charge is 0.548 e. The van der Waals surface area contributed by atoms with E-state index in [2.05, 4.69) is 0 Å². The van der Waals surface area contributed by atoms with Crippen molar-refractivity contribution >= 4 is 17.6 Å². The molecule has 1 aromatic carbocycles. The second-order valence-electron chi connectivity index (χ2n) is 3.20. The van der Waals surface area contributed by atoms with E-state index in [0.717, 1.165) is 6.07 Å². The van der Waals surface area contributed by atoms with Crippen molar-refractivity contribution in [3.8, 4) is 5.75 Å². The Kier molecular flexibility index (Phi) is 4.19. The van der Waals surface area contributed by atoms with Gasteiger partial charge in [-0.3, -0.25) is 14.9 Å². The number of hydrogen-bond donors (Lipinski definition) is 1. The van der Waals surface area contributed by atoms with E-state index in [1.165, 1.54) is 19.2 Å². The molecule has 0 spiro atoms. The van der Waals surface area contributed by atoms with Gasteiger partial charge in [0.25, 0.3) is 5.91 Å². The molecule has 0 aromatic heterocycles. The summed E-state index contributed by atoms with van der Waals surface area (Å²) in [4.78, 5) is 31.6. The Balaban J connectivity index is 2.97. The van der Waals surface area contributed by atoms with Gasteiger partial charge < -0.3 is 20.0 Å². The third kappa shape index (κ3) is 3.17. The molecule has 0 radical (unpaired) electrons. The van der Waals surface area contributed by atoms with Gasteiger partial charge in [0.15, 0.2) is 5.75 Å². The molecular formula is C10H9N2O6-. The van der Waals surface area contributed by atoms with Crippen LogP contribution in [-0.2, 0) is 4.79 Å². The molecule has 0 bridgehead atoms. The van der Waals surface area contributed by atoms with E-state index in [0.29, 0.717) is 0 Å². The van der Waals surface area contributed by atoms with Gasteiger partial charge >= 0.3 is 5.69 Å². The average molecular weight is 253 g/mol. The van der Waals surface area contributed by atoms with Crippen molar-refractivity contribution < 1.29 is 24.4 Å². The normalized spacial score (nSPS) is 9.61. The monoisotopic (exact) mass is 253 g/mol. The van der Waals surface area contributed by atoms with Gasteiger partial charge in [0, 0.05) is 11.6 Å². The van der Waals surface area contributed by atoms with Crippen LogP contribution in [0.2, 0.25) is 0 Å². The SMILES string of the molecule is COc1ccc(C(=O)NCC(=O)[O-])cc1[N+](=O)[O-]. The fraction of sp³-hybridized carbons (Fsp3) is 0.200. The number of rotatable bonds is 5. The van der Waals surface area contributed by atoms with Crippen LogP contribution in [0.1, 0.15) is 10.4 Å². The van der Waals surface area contributed by atoms with E-state index in [4.69, 9.17) is 4.74 Å². The summed E-state index contributed by atoms with van der Waals surface area (Å²) in [5.41, 5.74) is -0.414. The highest BCUT2D eigenvalue weighted by molar-refractivity contribution is 5.96. The number of nitrogens with one attached hydrogen (secondary N) is 1. The Bertz CT molecular complexity index is 499. The fourth-order valence-corrected chi connectivity index (χ4v) is 1.23. The lowest BCUT2D eigenvalue weighted by Gasteiger charge is -2.07. The first-order chi connectivity index (χ1) is 8.45. The number of carboxylic acid groups (broad SMARTS) is 1. The number of ether oxygens (including phenoxy) is 1. The molecule has 1 N–H and O–H groups in total. The van der Waals surface area contributed by atoms with Crippen LogP contribution in [0.3, 0.4) is 0 Å². The summed E-state index contributed by atoms with van der Waals surface area (Å²) < 4.78 is 4.76. The molecule has 0 fully saturated rings. The van der Waals surface area contributed by atoms with Gasteiger partial charge in [-0.15, -0.1) is 0 Å². The Labute approximate surface area is 101 Å². The molecule has 8 nitrogen and oxygen atoms in total. The maximum atomic E-state index is 11.5. The van der Waals surface area contributed by atoms with E-state index >= 15 is 0 Å². The Hall–Kier alpha value is -2.64. The molecule has 0 unspecified atom stereocenters. The minimum atomic E-state index is -1.45. The minimum Gasteiger partial charge on any atom is -0.548 e. The number of nitro benzene ring substituents is 1. The Morgan fingerprint density at radius 1 is 1.44 bits per heavy atom. The molecule has 0 saturated carbocycles. The van der Waals surface area contributed by atoms with Gasteiger partial charge in [0.1, 0.15) is 0 Å². The molecule has 0 aliphatic heterocycles. The lowest BCUT2D eigenvalue weighted by Crippen LogP contribution is -2.37. The summed E-state index contributed by atoms with van der Waals surface area (Å²) >= 11 is 0. The molecule has 0 saturated heterocycles. The van der Waals surface area contributed by atoms with Crippen molar-refractivity contribution in [1.29, 1.82) is 0 Å². The topological polar surface area (TPSA) is 122 Å². The van der Waals surface area contributed by atoms with Crippen molar-refractivity contribution in [3.63, 3.8) is 0 Å². The number of nitrogens with zero attached hydrogens (tertiary/aromatic N) is 1. The van der Waals surface area contributed by atoms with Crippen LogP contribution < -0.4 is 15.2 Å². The van der Waals surface area contributed by atoms with E-state index in [1.54, 1.807) is 0 Å². The predicted octanol–water partition coefficient (Wildman–Crippen LogP) is -0.917. The summed E-state index contributed by atoms with van der Waals surface area (Å²) in [7, 11) is 1.26. The van der Waals surface area contributed by atoms with Crippen LogP contribution in [0.15, 0.2) is 18.2 Å². The summed E-state index contributed by atoms with van der Waals surface area (Å²) in [5.74, 6) is -2.19. The maximum Gasteiger partial charge on any atom is 0.311 e. The van der Waals surface area contributed by atoms with Crippen LogP contribution >= 0.6 is 0 Å². The van der Waals surface area contributed by atoms with Crippen molar-refractivity contribution in [2.45, 2.75) is 0 Å². The summed E-state index contributed by atoms with van der Waals surface area (Å²) in [5, 5.41) is 22.9. The molecule has 18 heavy (non-hydrogen) atoms. The highest BCUT2D eigenvalue weighted by Gasteiger charge is 2.17. The van der Waals surface area contributed by atoms with Crippen molar-refractivity contribution in [3.05, 3.63) is 33.9 Å². The average Bonchev–Trinajstić information content (AvgIpc) is 2.34. The maximum absolute atomic E-state index is 11.5. The van der Waals surface area contributed by atoms with E-state index in [1.807, 2.05) is 5.32 Å². The first-order valence-electron chi connectivity index (χ1n) is 4.76. The lowest BCUT2D eigenvalue weighted by molar-refractivity contribution is -0.385. The summed E-state index contributed by atoms with van der Waals surface area (Å²) in [6.07, 6.45) is 0. The van der Waals surface area contributed by atoms with Gasteiger partial charge in [0.2, 0.25) is 0 Å². The van der Waals surface area contributed by atoms with Crippen LogP contribution in [0, 0.1) is 10.1 Å². The first-order valence-corrected chi connectivity index (χ1v) is 4.76. The third-order valence-electron chi connectivity index (χ3n) is 2.03. The van der Waals surface area contributed by atoms with Gasteiger partial charge in [-0.05, 0) is 12.1 Å². The molecule has 1 rings (SSSR count). The molecular weight excluding hydrogens is 244 g/mol. The Morgan fingerprint density at radius 2 is 2.11 bits per heavy atom. The van der Waals surface area contributed by atoms with Gasteiger partial charge in [-0.25, -0.2) is 0 Å². The third-order valence-corrected chi connectivity index (χ3v) is 2.03. The van der Waals surface area contributed by atoms with Crippen molar-refractivity contribution in [1.82, 2.24) is 5.32 Å². The number of nitro groups is 1. The van der Waals surface area contributed by atoms with E-state index in [9.17, 15) is 24.8 Å². The molecule has 1 aromatic rings. The zero-order valence-corrected chi connectivity index (χ0v) is 9.34. The lowest BCUT2D eigenvalue weighted by atomic mass is 10.1. The molecule has 1 amide bonds. The van der Waals surface area contributed by atoms with Crippen LogP contribution in [0.25, 0.3) is 0 Å². The number of carbonyl (C=O) groups is 2. The van der Waals surface area contributed by atoms with Crippen LogP contribution in [-0.4, -0.2) is 30.5 Å². The highest BCUT2D eigenvalue weighted by Crippen LogP contribution is 2.27. The molecule has 0 aliphatic rings. The number of aliphatic carboxylic acids is 1. The minimum absolute atomic E-state index is 0.0106. The number of hydrogen-bond acceptors (Lipinski definition) is 6.